The third-order valence-corrected chi connectivity index (χ3v) is 5.24. The predicted molar refractivity (Wildman–Crippen MR) is 114 cm³/mol. The van der Waals surface area contributed by atoms with Gasteiger partial charge in [0.1, 0.15) is 12.2 Å². The quantitative estimate of drug-likeness (QED) is 0.450. The highest BCUT2D eigenvalue weighted by molar-refractivity contribution is 5.79. The van der Waals surface area contributed by atoms with E-state index in [1.165, 1.54) is 17.9 Å². The Morgan fingerprint density at radius 2 is 1.76 bits per heavy atom. The van der Waals surface area contributed by atoms with Crippen LogP contribution in [0.25, 0.3) is 33.7 Å². The highest BCUT2D eigenvalue weighted by Gasteiger charge is 2.34. The second-order valence-corrected chi connectivity index (χ2v) is 7.49. The normalized spacial score (nSPS) is 11.9. The van der Waals surface area contributed by atoms with Crippen molar-refractivity contribution in [3.05, 3.63) is 83.2 Å². The number of fused-ring (bicyclic) bond motifs is 1. The molecule has 0 spiro atoms. The smallest absolute Gasteiger partial charge is 0.333 e. The molecule has 0 saturated carbocycles. The maximum atomic E-state index is 13.0. The van der Waals surface area contributed by atoms with E-state index in [2.05, 4.69) is 24.9 Å². The molecule has 4 aromatic heterocycles. The molecule has 5 aromatic rings. The molecule has 8 nitrogen and oxygen atoms in total. The number of rotatable bonds is 4. The zero-order valence-electron chi connectivity index (χ0n) is 17.2. The molecule has 1 aromatic carbocycles. The zero-order chi connectivity index (χ0) is 23.2. The molecule has 0 unspecified atom stereocenters. The van der Waals surface area contributed by atoms with Gasteiger partial charge in [0.15, 0.2) is 5.69 Å². The summed E-state index contributed by atoms with van der Waals surface area (Å²) in [6.45, 7) is 0.266. The Balaban J connectivity index is 1.46. The summed E-state index contributed by atoms with van der Waals surface area (Å²) >= 11 is 0. The number of pyridine rings is 1. The van der Waals surface area contributed by atoms with E-state index < -0.39 is 11.9 Å². The molecule has 0 aliphatic carbocycles. The molecule has 166 valence electrons. The Morgan fingerprint density at radius 3 is 2.42 bits per heavy atom. The first-order chi connectivity index (χ1) is 15.8. The van der Waals surface area contributed by atoms with Crippen molar-refractivity contribution >= 4 is 11.0 Å². The fourth-order valence-electron chi connectivity index (χ4n) is 3.62. The number of benzene rings is 1. The van der Waals surface area contributed by atoms with Gasteiger partial charge in [-0.1, -0.05) is 24.3 Å². The lowest BCUT2D eigenvalue weighted by atomic mass is 10.1. The van der Waals surface area contributed by atoms with Crippen molar-refractivity contribution in [2.75, 3.05) is 0 Å². The predicted octanol–water partition coefficient (Wildman–Crippen LogP) is 3.65. The summed E-state index contributed by atoms with van der Waals surface area (Å²) in [6.07, 6.45) is 2.72. The Labute approximate surface area is 184 Å². The molecule has 11 heteroatoms. The number of nitrogens with one attached hydrogen (secondary N) is 1. The number of hydrogen-bond donors (Lipinski definition) is 1. The van der Waals surface area contributed by atoms with Gasteiger partial charge in [0.25, 0.3) is 0 Å². The van der Waals surface area contributed by atoms with Crippen LogP contribution in [0.4, 0.5) is 13.2 Å². The Kier molecular flexibility index (Phi) is 4.81. The SMILES string of the molecule is Cn1cc(C(F)(F)F)nc1-c1ccc(Cn2c(=O)[nH]c3cnc(-c4cncnc4)cc32)cc1. The number of aromatic nitrogens is 7. The van der Waals surface area contributed by atoms with Gasteiger partial charge in [-0.05, 0) is 11.6 Å². The van der Waals surface area contributed by atoms with Crippen LogP contribution in [0, 0.1) is 0 Å². The number of H-pyrrole nitrogens is 1. The van der Waals surface area contributed by atoms with Gasteiger partial charge in [-0.15, -0.1) is 0 Å². The summed E-state index contributed by atoms with van der Waals surface area (Å²) in [5, 5.41) is 0. The minimum atomic E-state index is -4.51. The van der Waals surface area contributed by atoms with E-state index in [-0.39, 0.29) is 18.1 Å². The van der Waals surface area contributed by atoms with Gasteiger partial charge in [0, 0.05) is 36.8 Å². The molecule has 4 heterocycles. The Bertz CT molecular complexity index is 1500. The van der Waals surface area contributed by atoms with Crippen LogP contribution in [0.3, 0.4) is 0 Å². The molecule has 0 amide bonds. The number of halogens is 3. The first-order valence-electron chi connectivity index (χ1n) is 9.83. The lowest BCUT2D eigenvalue weighted by Gasteiger charge is -2.07. The van der Waals surface area contributed by atoms with Gasteiger partial charge in [0.2, 0.25) is 0 Å². The van der Waals surface area contributed by atoms with Crippen molar-refractivity contribution in [2.24, 2.45) is 7.05 Å². The highest BCUT2D eigenvalue weighted by Crippen LogP contribution is 2.30. The van der Waals surface area contributed by atoms with E-state index in [9.17, 15) is 18.0 Å². The number of imidazole rings is 2. The number of nitrogens with zero attached hydrogens (tertiary/aromatic N) is 6. The first kappa shape index (κ1) is 20.6. The lowest BCUT2D eigenvalue weighted by Crippen LogP contribution is -2.17. The third kappa shape index (κ3) is 3.88. The van der Waals surface area contributed by atoms with E-state index in [0.717, 1.165) is 17.3 Å². The molecule has 1 N–H and O–H groups in total. The van der Waals surface area contributed by atoms with Crippen LogP contribution in [0.5, 0.6) is 0 Å². The molecule has 5 rings (SSSR count). The summed E-state index contributed by atoms with van der Waals surface area (Å²) in [6, 6.07) is 8.68. The zero-order valence-corrected chi connectivity index (χ0v) is 17.2. The van der Waals surface area contributed by atoms with Gasteiger partial charge < -0.3 is 9.55 Å². The minimum Gasteiger partial charge on any atom is -0.333 e. The molecule has 0 bridgehead atoms. The number of aromatic amines is 1. The number of alkyl halides is 3. The summed E-state index contributed by atoms with van der Waals surface area (Å²) in [5.41, 5.74) is 2.70. The molecular weight excluding hydrogens is 435 g/mol. The topological polar surface area (TPSA) is 94.3 Å². The van der Waals surface area contributed by atoms with Crippen LogP contribution < -0.4 is 5.69 Å². The summed E-state index contributed by atoms with van der Waals surface area (Å²) in [5.74, 6) is 0.207. The second kappa shape index (κ2) is 7.69. The van der Waals surface area contributed by atoms with Crippen molar-refractivity contribution in [1.82, 2.24) is 34.1 Å². The number of hydrogen-bond acceptors (Lipinski definition) is 5. The van der Waals surface area contributed by atoms with E-state index >= 15 is 0 Å². The molecule has 0 saturated heterocycles. The molecule has 0 radical (unpaired) electrons. The molecule has 0 atom stereocenters. The van der Waals surface area contributed by atoms with Crippen LogP contribution in [-0.2, 0) is 19.8 Å². The molecular formula is C22H16F3N7O. The monoisotopic (exact) mass is 451 g/mol. The van der Waals surface area contributed by atoms with Crippen LogP contribution in [-0.4, -0.2) is 34.1 Å². The van der Waals surface area contributed by atoms with E-state index in [4.69, 9.17) is 0 Å². The highest BCUT2D eigenvalue weighted by atomic mass is 19.4. The van der Waals surface area contributed by atoms with Crippen LogP contribution in [0.2, 0.25) is 0 Å². The maximum Gasteiger partial charge on any atom is 0.434 e. The van der Waals surface area contributed by atoms with Gasteiger partial charge in [-0.3, -0.25) is 9.55 Å². The lowest BCUT2D eigenvalue weighted by molar-refractivity contribution is -0.140. The first-order valence-corrected chi connectivity index (χ1v) is 9.83. The minimum absolute atomic E-state index is 0.207. The number of aryl methyl sites for hydroxylation is 1. The largest absolute Gasteiger partial charge is 0.434 e. The second-order valence-electron chi connectivity index (χ2n) is 7.49. The van der Waals surface area contributed by atoms with E-state index in [1.807, 2.05) is 0 Å². The van der Waals surface area contributed by atoms with Crippen molar-refractivity contribution in [1.29, 1.82) is 0 Å². The van der Waals surface area contributed by atoms with Gasteiger partial charge >= 0.3 is 11.9 Å². The Morgan fingerprint density at radius 1 is 1.03 bits per heavy atom. The maximum absolute atomic E-state index is 13.0. The average Bonchev–Trinajstić information content (AvgIpc) is 3.34. The Hall–Kier alpha value is -4.28. The van der Waals surface area contributed by atoms with Gasteiger partial charge in [-0.25, -0.2) is 19.7 Å². The third-order valence-electron chi connectivity index (χ3n) is 5.24. The molecule has 0 fully saturated rings. The fourth-order valence-corrected chi connectivity index (χ4v) is 3.62. The molecule has 0 aliphatic rings. The molecule has 33 heavy (non-hydrogen) atoms. The van der Waals surface area contributed by atoms with Gasteiger partial charge in [0.05, 0.1) is 29.5 Å². The standard InChI is InChI=1S/C22H16F3N7O/c1-31-11-19(22(23,24)25)30-20(31)14-4-2-13(3-5-14)10-32-18-6-16(15-7-26-12-27-8-15)28-9-17(18)29-21(32)33/h2-9,11-12H,10H2,1H3,(H,29,33). The fraction of sp³-hybridized carbons (Fsp3) is 0.136. The summed E-state index contributed by atoms with van der Waals surface area (Å²) < 4.78 is 41.8. The average molecular weight is 451 g/mol. The van der Waals surface area contributed by atoms with Crippen LogP contribution in [0.15, 0.2) is 66.2 Å². The van der Waals surface area contributed by atoms with Crippen LogP contribution in [0.1, 0.15) is 11.3 Å². The van der Waals surface area contributed by atoms with Crippen molar-refractivity contribution in [2.45, 2.75) is 12.7 Å². The van der Waals surface area contributed by atoms with E-state index in [0.29, 0.717) is 22.3 Å². The summed E-state index contributed by atoms with van der Waals surface area (Å²) in [4.78, 5) is 31.4. The van der Waals surface area contributed by atoms with Crippen molar-refractivity contribution in [3.63, 3.8) is 0 Å². The van der Waals surface area contributed by atoms with Crippen molar-refractivity contribution < 1.29 is 13.2 Å². The van der Waals surface area contributed by atoms with Gasteiger partial charge in [-0.2, -0.15) is 13.2 Å². The summed E-state index contributed by atoms with van der Waals surface area (Å²) in [7, 11) is 1.51. The van der Waals surface area contributed by atoms with E-state index in [1.54, 1.807) is 53.5 Å². The van der Waals surface area contributed by atoms with Crippen LogP contribution >= 0.6 is 0 Å². The molecule has 0 aliphatic heterocycles. The van der Waals surface area contributed by atoms with Crippen molar-refractivity contribution in [3.8, 4) is 22.6 Å².